The first-order chi connectivity index (χ1) is 9.24. The van der Waals surface area contributed by atoms with Gasteiger partial charge in [0.15, 0.2) is 0 Å². The van der Waals surface area contributed by atoms with Gasteiger partial charge in [0, 0.05) is 31.6 Å². The van der Waals surface area contributed by atoms with Gasteiger partial charge in [-0.3, -0.25) is 4.79 Å². The topological polar surface area (TPSA) is 44.4 Å². The number of likely N-dealkylation sites (tertiary alicyclic amines) is 1. The molecule has 0 aromatic heterocycles. The van der Waals surface area contributed by atoms with Crippen molar-refractivity contribution in [3.05, 3.63) is 0 Å². The van der Waals surface area contributed by atoms with Gasteiger partial charge in [-0.05, 0) is 51.1 Å². The smallest absolute Gasteiger partial charge is 0.228 e. The van der Waals surface area contributed by atoms with Crippen molar-refractivity contribution in [3.8, 4) is 0 Å². The minimum absolute atomic E-state index is 0.0655. The summed E-state index contributed by atoms with van der Waals surface area (Å²) in [5.74, 6) is 1.28. The average Bonchev–Trinajstić information content (AvgIpc) is 3.07. The zero-order valence-electron chi connectivity index (χ0n) is 11.7. The van der Waals surface area contributed by atoms with E-state index in [1.54, 1.807) is 0 Å². The number of rotatable bonds is 2. The van der Waals surface area contributed by atoms with Crippen LogP contribution in [-0.2, 0) is 4.79 Å². The highest BCUT2D eigenvalue weighted by atomic mass is 16.2. The van der Waals surface area contributed by atoms with Crippen LogP contribution in [0.5, 0.6) is 0 Å². The Hall–Kier alpha value is -0.610. The minimum atomic E-state index is -0.0655. The summed E-state index contributed by atoms with van der Waals surface area (Å²) in [4.78, 5) is 15.2. The Morgan fingerprint density at radius 2 is 1.89 bits per heavy atom. The van der Waals surface area contributed by atoms with Crippen molar-refractivity contribution in [1.29, 1.82) is 0 Å². The molecular weight excluding hydrogens is 238 g/mol. The van der Waals surface area contributed by atoms with Crippen LogP contribution in [0.4, 0.5) is 0 Å². The summed E-state index contributed by atoms with van der Waals surface area (Å²) in [5, 5.41) is 6.60. The van der Waals surface area contributed by atoms with Gasteiger partial charge in [0.25, 0.3) is 0 Å². The summed E-state index contributed by atoms with van der Waals surface area (Å²) < 4.78 is 0. The first-order valence-corrected chi connectivity index (χ1v) is 7.96. The zero-order valence-corrected chi connectivity index (χ0v) is 11.7. The molecule has 1 saturated carbocycles. The standard InChI is InChI=1S/C15H25N3O/c19-13-15(5-8-17-13)11-18(9-12-1-2-12)10-14(15)3-6-16-7-4-14/h12,16H,1-11H2,(H,17,19)/t15-/m1/s1. The van der Waals surface area contributed by atoms with Crippen molar-refractivity contribution >= 4 is 5.91 Å². The molecule has 3 heterocycles. The fourth-order valence-corrected chi connectivity index (χ4v) is 4.85. The highest BCUT2D eigenvalue weighted by molar-refractivity contribution is 5.86. The van der Waals surface area contributed by atoms with E-state index < -0.39 is 0 Å². The third-order valence-corrected chi connectivity index (χ3v) is 6.08. The van der Waals surface area contributed by atoms with E-state index in [4.69, 9.17) is 0 Å². The van der Waals surface area contributed by atoms with E-state index in [0.717, 1.165) is 38.5 Å². The van der Waals surface area contributed by atoms with Crippen molar-refractivity contribution in [2.45, 2.75) is 32.1 Å². The average molecular weight is 263 g/mol. The van der Waals surface area contributed by atoms with Crippen LogP contribution in [0.2, 0.25) is 0 Å². The summed E-state index contributed by atoms with van der Waals surface area (Å²) in [7, 11) is 0. The molecule has 2 N–H and O–H groups in total. The van der Waals surface area contributed by atoms with Crippen molar-refractivity contribution < 1.29 is 4.79 Å². The maximum absolute atomic E-state index is 12.6. The van der Waals surface area contributed by atoms with Gasteiger partial charge in [-0.15, -0.1) is 0 Å². The Labute approximate surface area is 115 Å². The molecule has 0 bridgehead atoms. The van der Waals surface area contributed by atoms with Gasteiger partial charge in [0.1, 0.15) is 0 Å². The SMILES string of the molecule is O=C1NCC[C@@]12CN(CC1CC1)CC21CCNCC1. The lowest BCUT2D eigenvalue weighted by Gasteiger charge is -2.43. The first kappa shape index (κ1) is 12.2. The van der Waals surface area contributed by atoms with Crippen molar-refractivity contribution in [1.82, 2.24) is 15.5 Å². The number of fused-ring (bicyclic) bond motifs is 1. The van der Waals surface area contributed by atoms with Gasteiger partial charge in [-0.25, -0.2) is 0 Å². The maximum Gasteiger partial charge on any atom is 0.228 e. The normalized spacial score (nSPS) is 38.2. The molecule has 4 aliphatic rings. The Bertz CT molecular complexity index is 387. The van der Waals surface area contributed by atoms with Gasteiger partial charge in [0.2, 0.25) is 5.91 Å². The molecule has 1 atom stereocenters. The molecule has 0 aromatic carbocycles. The lowest BCUT2D eigenvalue weighted by atomic mass is 9.60. The summed E-state index contributed by atoms with van der Waals surface area (Å²) >= 11 is 0. The van der Waals surface area contributed by atoms with Gasteiger partial charge >= 0.3 is 0 Å². The highest BCUT2D eigenvalue weighted by Gasteiger charge is 2.63. The van der Waals surface area contributed by atoms with E-state index in [9.17, 15) is 4.79 Å². The van der Waals surface area contributed by atoms with Gasteiger partial charge in [-0.1, -0.05) is 0 Å². The van der Waals surface area contributed by atoms with E-state index in [1.807, 2.05) is 0 Å². The molecule has 4 heteroatoms. The monoisotopic (exact) mass is 263 g/mol. The molecule has 0 aromatic rings. The molecular formula is C15H25N3O. The fourth-order valence-electron chi connectivity index (χ4n) is 4.85. The molecule has 106 valence electrons. The number of carbonyl (C=O) groups excluding carboxylic acids is 1. The third kappa shape index (κ3) is 1.76. The second kappa shape index (κ2) is 4.19. The van der Waals surface area contributed by atoms with E-state index in [1.165, 1.54) is 38.8 Å². The van der Waals surface area contributed by atoms with Crippen molar-refractivity contribution in [3.63, 3.8) is 0 Å². The third-order valence-electron chi connectivity index (χ3n) is 6.08. The number of hydrogen-bond donors (Lipinski definition) is 2. The van der Waals surface area contributed by atoms with Gasteiger partial charge < -0.3 is 15.5 Å². The zero-order chi connectivity index (χ0) is 12.9. The summed E-state index contributed by atoms with van der Waals surface area (Å²) in [6.45, 7) is 6.50. The Kier molecular flexibility index (Phi) is 2.68. The summed E-state index contributed by atoms with van der Waals surface area (Å²) in [6, 6.07) is 0. The Morgan fingerprint density at radius 1 is 1.11 bits per heavy atom. The summed E-state index contributed by atoms with van der Waals surface area (Å²) in [6.07, 6.45) is 6.24. The van der Waals surface area contributed by atoms with Crippen LogP contribution in [0.15, 0.2) is 0 Å². The molecule has 4 fully saturated rings. The largest absolute Gasteiger partial charge is 0.356 e. The van der Waals surface area contributed by atoms with Crippen LogP contribution in [0.3, 0.4) is 0 Å². The van der Waals surface area contributed by atoms with E-state index in [2.05, 4.69) is 15.5 Å². The van der Waals surface area contributed by atoms with Gasteiger partial charge in [0.05, 0.1) is 5.41 Å². The molecule has 2 spiro atoms. The number of amides is 1. The molecule has 1 aliphatic carbocycles. The van der Waals surface area contributed by atoms with E-state index in [0.29, 0.717) is 5.91 Å². The highest BCUT2D eigenvalue weighted by Crippen LogP contribution is 2.56. The lowest BCUT2D eigenvalue weighted by Crippen LogP contribution is -2.51. The van der Waals surface area contributed by atoms with Crippen molar-refractivity contribution in [2.24, 2.45) is 16.7 Å². The van der Waals surface area contributed by atoms with E-state index >= 15 is 0 Å². The number of nitrogens with zero attached hydrogens (tertiary/aromatic N) is 1. The lowest BCUT2D eigenvalue weighted by molar-refractivity contribution is -0.133. The van der Waals surface area contributed by atoms with Crippen LogP contribution in [-0.4, -0.2) is 50.1 Å². The molecule has 1 amide bonds. The van der Waals surface area contributed by atoms with Crippen molar-refractivity contribution in [2.75, 3.05) is 39.3 Å². The Balaban J connectivity index is 1.63. The molecule has 0 unspecified atom stereocenters. The quantitative estimate of drug-likeness (QED) is 0.766. The fraction of sp³-hybridized carbons (Fsp3) is 0.933. The van der Waals surface area contributed by atoms with Gasteiger partial charge in [-0.2, -0.15) is 0 Å². The second-order valence-corrected chi connectivity index (χ2v) is 7.23. The molecule has 4 rings (SSSR count). The number of nitrogens with one attached hydrogen (secondary N) is 2. The predicted octanol–water partition coefficient (Wildman–Crippen LogP) is 0.588. The number of carbonyl (C=O) groups is 1. The molecule has 0 radical (unpaired) electrons. The second-order valence-electron chi connectivity index (χ2n) is 7.23. The summed E-state index contributed by atoms with van der Waals surface area (Å²) in [5.41, 5.74) is 0.192. The van der Waals surface area contributed by atoms with Crippen LogP contribution in [0.1, 0.15) is 32.1 Å². The predicted molar refractivity (Wildman–Crippen MR) is 73.8 cm³/mol. The molecule has 3 aliphatic heterocycles. The molecule has 19 heavy (non-hydrogen) atoms. The molecule has 4 nitrogen and oxygen atoms in total. The first-order valence-electron chi connectivity index (χ1n) is 7.96. The van der Waals surface area contributed by atoms with Crippen LogP contribution < -0.4 is 10.6 Å². The van der Waals surface area contributed by atoms with Crippen LogP contribution in [0, 0.1) is 16.7 Å². The van der Waals surface area contributed by atoms with E-state index in [-0.39, 0.29) is 10.8 Å². The number of hydrogen-bond acceptors (Lipinski definition) is 3. The maximum atomic E-state index is 12.6. The van der Waals surface area contributed by atoms with Crippen LogP contribution in [0.25, 0.3) is 0 Å². The minimum Gasteiger partial charge on any atom is -0.356 e. The van der Waals surface area contributed by atoms with Crippen LogP contribution >= 0.6 is 0 Å². The Morgan fingerprint density at radius 3 is 2.53 bits per heavy atom. The molecule has 3 saturated heterocycles. The number of piperidine rings is 1.